The summed E-state index contributed by atoms with van der Waals surface area (Å²) in [5.41, 5.74) is 2.10. The van der Waals surface area contributed by atoms with Crippen molar-refractivity contribution in [2.75, 3.05) is 0 Å². The van der Waals surface area contributed by atoms with Crippen LogP contribution in [0, 0.1) is 17.3 Å². The van der Waals surface area contributed by atoms with Gasteiger partial charge in [0.2, 0.25) is 0 Å². The molecule has 0 spiro atoms. The molecule has 0 saturated heterocycles. The van der Waals surface area contributed by atoms with Crippen LogP contribution >= 0.6 is 0 Å². The highest BCUT2D eigenvalue weighted by Gasteiger charge is 2.49. The molecule has 0 heterocycles. The van der Waals surface area contributed by atoms with E-state index < -0.39 is 6.10 Å². The van der Waals surface area contributed by atoms with Crippen molar-refractivity contribution in [3.05, 3.63) is 23.8 Å². The zero-order valence-corrected chi connectivity index (χ0v) is 11.0. The van der Waals surface area contributed by atoms with Gasteiger partial charge in [-0.1, -0.05) is 24.6 Å². The standard InChI is InChI=1S/C15H22O2/c1-9(2)11-5-6-15(4)12(8-11)10(3)7-13(16)14(15)17/h7,11-12,14,17H,1,5-6,8H2,2-4H3. The monoisotopic (exact) mass is 234 g/mol. The zero-order chi connectivity index (χ0) is 12.8. The SMILES string of the molecule is C=C(C)C1CCC2(C)C(O)C(=O)C=C(C)C2C1. The van der Waals surface area contributed by atoms with Gasteiger partial charge in [-0.05, 0) is 51.0 Å². The topological polar surface area (TPSA) is 37.3 Å². The lowest BCUT2D eigenvalue weighted by Crippen LogP contribution is -2.50. The second kappa shape index (κ2) is 4.09. The number of fused-ring (bicyclic) bond motifs is 1. The van der Waals surface area contributed by atoms with Crippen LogP contribution in [0.5, 0.6) is 0 Å². The van der Waals surface area contributed by atoms with Gasteiger partial charge < -0.3 is 5.11 Å². The Bertz CT molecular complexity index is 394. The van der Waals surface area contributed by atoms with Crippen LogP contribution in [0.2, 0.25) is 0 Å². The highest BCUT2D eigenvalue weighted by atomic mass is 16.3. The van der Waals surface area contributed by atoms with E-state index in [2.05, 4.69) is 20.4 Å². The van der Waals surface area contributed by atoms with E-state index in [1.807, 2.05) is 6.92 Å². The molecule has 1 fully saturated rings. The van der Waals surface area contributed by atoms with Gasteiger partial charge in [0, 0.05) is 5.41 Å². The van der Waals surface area contributed by atoms with E-state index in [0.717, 1.165) is 24.8 Å². The van der Waals surface area contributed by atoms with Crippen molar-refractivity contribution in [1.82, 2.24) is 0 Å². The second-order valence-electron chi connectivity index (χ2n) is 6.07. The highest BCUT2D eigenvalue weighted by molar-refractivity contribution is 5.95. The number of carbonyl (C=O) groups is 1. The first kappa shape index (κ1) is 12.6. The van der Waals surface area contributed by atoms with Gasteiger partial charge in [-0.2, -0.15) is 0 Å². The van der Waals surface area contributed by atoms with Gasteiger partial charge in [-0.25, -0.2) is 0 Å². The lowest BCUT2D eigenvalue weighted by molar-refractivity contribution is -0.135. The summed E-state index contributed by atoms with van der Waals surface area (Å²) in [6, 6.07) is 0. The summed E-state index contributed by atoms with van der Waals surface area (Å²) in [7, 11) is 0. The van der Waals surface area contributed by atoms with E-state index in [1.54, 1.807) is 6.08 Å². The number of carbonyl (C=O) groups excluding carboxylic acids is 1. The minimum atomic E-state index is -0.817. The minimum Gasteiger partial charge on any atom is -0.384 e. The number of hydrogen-bond acceptors (Lipinski definition) is 2. The first-order valence-electron chi connectivity index (χ1n) is 6.41. The molecule has 94 valence electrons. The molecule has 0 aromatic heterocycles. The minimum absolute atomic E-state index is 0.116. The van der Waals surface area contributed by atoms with Crippen molar-refractivity contribution in [2.24, 2.45) is 17.3 Å². The predicted molar refractivity (Wildman–Crippen MR) is 68.5 cm³/mol. The van der Waals surface area contributed by atoms with E-state index in [0.29, 0.717) is 11.8 Å². The van der Waals surface area contributed by atoms with Gasteiger partial charge >= 0.3 is 0 Å². The smallest absolute Gasteiger partial charge is 0.184 e. The first-order chi connectivity index (χ1) is 7.86. The molecule has 2 nitrogen and oxygen atoms in total. The van der Waals surface area contributed by atoms with Crippen molar-refractivity contribution in [3.8, 4) is 0 Å². The molecule has 4 unspecified atom stereocenters. The summed E-state index contributed by atoms with van der Waals surface area (Å²) in [4.78, 5) is 11.7. The van der Waals surface area contributed by atoms with Gasteiger partial charge in [0.25, 0.3) is 0 Å². The van der Waals surface area contributed by atoms with Crippen LogP contribution in [-0.4, -0.2) is 17.0 Å². The molecule has 4 atom stereocenters. The fourth-order valence-electron chi connectivity index (χ4n) is 3.54. The Kier molecular flexibility index (Phi) is 3.03. The van der Waals surface area contributed by atoms with E-state index in [1.165, 1.54) is 5.57 Å². The molecule has 0 radical (unpaired) electrons. The third kappa shape index (κ3) is 1.89. The Balaban J connectivity index is 2.33. The number of aliphatic hydroxyl groups excluding tert-OH is 1. The zero-order valence-electron chi connectivity index (χ0n) is 11.0. The third-order valence-electron chi connectivity index (χ3n) is 4.86. The Labute approximate surface area is 103 Å². The van der Waals surface area contributed by atoms with Crippen LogP contribution in [0.3, 0.4) is 0 Å². The molecule has 0 amide bonds. The van der Waals surface area contributed by atoms with Crippen LogP contribution in [0.1, 0.15) is 40.0 Å². The molecule has 0 aromatic rings. The lowest BCUT2D eigenvalue weighted by atomic mass is 9.56. The van der Waals surface area contributed by atoms with Crippen molar-refractivity contribution < 1.29 is 9.90 Å². The molecule has 2 aliphatic rings. The number of hydrogen-bond donors (Lipinski definition) is 1. The quantitative estimate of drug-likeness (QED) is 0.708. The summed E-state index contributed by atoms with van der Waals surface area (Å²) in [5, 5.41) is 10.2. The summed E-state index contributed by atoms with van der Waals surface area (Å²) in [6.45, 7) is 10.2. The maximum atomic E-state index is 11.7. The number of aliphatic hydroxyl groups is 1. The van der Waals surface area contributed by atoms with Crippen molar-refractivity contribution >= 4 is 5.78 Å². The van der Waals surface area contributed by atoms with E-state index in [9.17, 15) is 9.90 Å². The molecule has 0 aromatic carbocycles. The van der Waals surface area contributed by atoms with Gasteiger partial charge in [0.1, 0.15) is 6.10 Å². The molecule has 0 aliphatic heterocycles. The Hall–Kier alpha value is -0.890. The summed E-state index contributed by atoms with van der Waals surface area (Å²) in [5.74, 6) is 0.748. The van der Waals surface area contributed by atoms with E-state index >= 15 is 0 Å². The molecule has 1 saturated carbocycles. The fourth-order valence-corrected chi connectivity index (χ4v) is 3.54. The maximum absolute atomic E-state index is 11.7. The Morgan fingerprint density at radius 1 is 1.59 bits per heavy atom. The normalized spacial score (nSPS) is 41.8. The highest BCUT2D eigenvalue weighted by Crippen LogP contribution is 2.52. The molecule has 2 aliphatic carbocycles. The van der Waals surface area contributed by atoms with Crippen molar-refractivity contribution in [2.45, 2.75) is 46.1 Å². The molecule has 0 bridgehead atoms. The fraction of sp³-hybridized carbons (Fsp3) is 0.667. The molecular formula is C15H22O2. The molecule has 2 heteroatoms. The van der Waals surface area contributed by atoms with E-state index in [4.69, 9.17) is 0 Å². The Morgan fingerprint density at radius 2 is 2.24 bits per heavy atom. The lowest BCUT2D eigenvalue weighted by Gasteiger charge is -2.49. The molecule has 2 rings (SSSR count). The Morgan fingerprint density at radius 3 is 2.82 bits per heavy atom. The predicted octanol–water partition coefficient (Wildman–Crippen LogP) is 2.88. The number of allylic oxidation sites excluding steroid dienone is 2. The molecule has 17 heavy (non-hydrogen) atoms. The van der Waals surface area contributed by atoms with Gasteiger partial charge in [0.15, 0.2) is 5.78 Å². The van der Waals surface area contributed by atoms with E-state index in [-0.39, 0.29) is 11.2 Å². The largest absolute Gasteiger partial charge is 0.384 e. The summed E-state index contributed by atoms with van der Waals surface area (Å²) < 4.78 is 0. The number of ketones is 1. The van der Waals surface area contributed by atoms with Crippen molar-refractivity contribution in [3.63, 3.8) is 0 Å². The molecule has 1 N–H and O–H groups in total. The number of rotatable bonds is 1. The van der Waals surface area contributed by atoms with Crippen LogP contribution < -0.4 is 0 Å². The summed E-state index contributed by atoms with van der Waals surface area (Å²) in [6.07, 6.45) is 3.80. The van der Waals surface area contributed by atoms with Crippen molar-refractivity contribution in [1.29, 1.82) is 0 Å². The molecular weight excluding hydrogens is 212 g/mol. The third-order valence-corrected chi connectivity index (χ3v) is 4.86. The average Bonchev–Trinajstić information content (AvgIpc) is 2.26. The average molecular weight is 234 g/mol. The van der Waals surface area contributed by atoms with Gasteiger partial charge in [-0.15, -0.1) is 0 Å². The maximum Gasteiger partial charge on any atom is 0.184 e. The van der Waals surface area contributed by atoms with Crippen LogP contribution in [0.15, 0.2) is 23.8 Å². The van der Waals surface area contributed by atoms with Crippen LogP contribution in [-0.2, 0) is 4.79 Å². The van der Waals surface area contributed by atoms with Gasteiger partial charge in [0.05, 0.1) is 0 Å². The van der Waals surface area contributed by atoms with Crippen LogP contribution in [0.4, 0.5) is 0 Å². The van der Waals surface area contributed by atoms with Gasteiger partial charge in [-0.3, -0.25) is 4.79 Å². The first-order valence-corrected chi connectivity index (χ1v) is 6.41. The van der Waals surface area contributed by atoms with Crippen LogP contribution in [0.25, 0.3) is 0 Å². The second-order valence-corrected chi connectivity index (χ2v) is 6.07. The summed E-state index contributed by atoms with van der Waals surface area (Å²) >= 11 is 0.